The van der Waals surface area contributed by atoms with E-state index in [-0.39, 0.29) is 17.0 Å². The lowest BCUT2D eigenvalue weighted by Gasteiger charge is -2.46. The standard InChI is InChI=1S/C30H64N.BrH/c1-7-9-11-13-15-17-19-21-23-25-27-29-31(6,30(3,4)5)28-26-24-22-20-18-16-14-12-10-8-2;/h7-29H2,1-6H3;1H/q+1;/p-1. The van der Waals surface area contributed by atoms with E-state index in [9.17, 15) is 0 Å². The van der Waals surface area contributed by atoms with Gasteiger partial charge in [-0.2, -0.15) is 0 Å². The van der Waals surface area contributed by atoms with Crippen molar-refractivity contribution < 1.29 is 21.5 Å². The first-order valence-corrected chi connectivity index (χ1v) is 14.7. The highest BCUT2D eigenvalue weighted by Gasteiger charge is 2.34. The van der Waals surface area contributed by atoms with E-state index >= 15 is 0 Å². The van der Waals surface area contributed by atoms with Crippen molar-refractivity contribution in [3.63, 3.8) is 0 Å². The summed E-state index contributed by atoms with van der Waals surface area (Å²) in [4.78, 5) is 0. The molecular formula is C30H64BrN. The van der Waals surface area contributed by atoms with Crippen molar-refractivity contribution in [1.82, 2.24) is 0 Å². The Hall–Kier alpha value is 0.440. The van der Waals surface area contributed by atoms with Crippen molar-refractivity contribution in [2.45, 2.75) is 175 Å². The zero-order valence-electron chi connectivity index (χ0n) is 23.6. The van der Waals surface area contributed by atoms with Crippen molar-refractivity contribution in [1.29, 1.82) is 0 Å². The molecule has 1 nitrogen and oxygen atoms in total. The normalized spacial score (nSPS) is 13.7. The second-order valence-corrected chi connectivity index (χ2v) is 11.7. The van der Waals surface area contributed by atoms with Gasteiger partial charge in [0.1, 0.15) is 0 Å². The van der Waals surface area contributed by atoms with Crippen LogP contribution in [-0.2, 0) is 0 Å². The van der Waals surface area contributed by atoms with Crippen LogP contribution in [0.3, 0.4) is 0 Å². The molecule has 0 aromatic rings. The van der Waals surface area contributed by atoms with E-state index < -0.39 is 0 Å². The van der Waals surface area contributed by atoms with Gasteiger partial charge in [-0.15, -0.1) is 0 Å². The third kappa shape index (κ3) is 19.9. The quantitative estimate of drug-likeness (QED) is 0.0972. The summed E-state index contributed by atoms with van der Waals surface area (Å²) in [5.41, 5.74) is 0.373. The molecule has 0 aromatic carbocycles. The highest BCUT2D eigenvalue weighted by atomic mass is 79.9. The second kappa shape index (κ2) is 23.2. The van der Waals surface area contributed by atoms with Gasteiger partial charge in [0.05, 0.1) is 25.7 Å². The van der Waals surface area contributed by atoms with Crippen molar-refractivity contribution >= 4 is 0 Å². The van der Waals surface area contributed by atoms with Crippen LogP contribution in [0.2, 0.25) is 0 Å². The molecule has 32 heavy (non-hydrogen) atoms. The van der Waals surface area contributed by atoms with E-state index in [1.54, 1.807) is 0 Å². The number of rotatable bonds is 23. The molecule has 196 valence electrons. The maximum atomic E-state index is 2.53. The van der Waals surface area contributed by atoms with Gasteiger partial charge in [-0.05, 0) is 46.5 Å². The fraction of sp³-hybridized carbons (Fsp3) is 1.00. The van der Waals surface area contributed by atoms with Crippen LogP contribution in [0.1, 0.15) is 169 Å². The lowest BCUT2D eigenvalue weighted by Crippen LogP contribution is -3.00. The third-order valence-corrected chi connectivity index (χ3v) is 7.88. The molecule has 2 heteroatoms. The third-order valence-electron chi connectivity index (χ3n) is 7.88. The Morgan fingerprint density at radius 1 is 0.406 bits per heavy atom. The number of hydrogen-bond acceptors (Lipinski definition) is 0. The average molecular weight is 519 g/mol. The molecule has 0 N–H and O–H groups in total. The molecule has 0 aliphatic heterocycles. The fourth-order valence-electron chi connectivity index (χ4n) is 4.86. The molecule has 0 saturated heterocycles. The van der Waals surface area contributed by atoms with E-state index in [1.807, 2.05) is 0 Å². The Balaban J connectivity index is 0. The smallest absolute Gasteiger partial charge is 0.0905 e. The van der Waals surface area contributed by atoms with E-state index in [4.69, 9.17) is 0 Å². The summed E-state index contributed by atoms with van der Waals surface area (Å²) in [7, 11) is 2.53. The van der Waals surface area contributed by atoms with Gasteiger partial charge in [-0.25, -0.2) is 0 Å². The van der Waals surface area contributed by atoms with Gasteiger partial charge in [0, 0.05) is 0 Å². The lowest BCUT2D eigenvalue weighted by molar-refractivity contribution is -0.953. The van der Waals surface area contributed by atoms with Crippen LogP contribution in [0.5, 0.6) is 0 Å². The Morgan fingerprint density at radius 3 is 0.844 bits per heavy atom. The van der Waals surface area contributed by atoms with E-state index in [0.29, 0.717) is 5.54 Å². The zero-order chi connectivity index (χ0) is 23.3. The van der Waals surface area contributed by atoms with Gasteiger partial charge in [-0.3, -0.25) is 0 Å². The Kier molecular flexibility index (Phi) is 25.1. The molecule has 0 aliphatic rings. The zero-order valence-corrected chi connectivity index (χ0v) is 25.2. The lowest BCUT2D eigenvalue weighted by atomic mass is 9.99. The molecule has 1 unspecified atom stereocenters. The van der Waals surface area contributed by atoms with Crippen LogP contribution >= 0.6 is 0 Å². The van der Waals surface area contributed by atoms with Crippen LogP contribution < -0.4 is 17.0 Å². The first-order chi connectivity index (χ1) is 14.9. The number of unbranched alkanes of at least 4 members (excludes halogenated alkanes) is 19. The number of nitrogens with zero attached hydrogens (tertiary/aromatic N) is 1. The minimum atomic E-state index is 0. The van der Waals surface area contributed by atoms with Gasteiger partial charge >= 0.3 is 0 Å². The maximum Gasteiger partial charge on any atom is 0.0905 e. The van der Waals surface area contributed by atoms with Gasteiger partial charge in [0.25, 0.3) is 0 Å². The topological polar surface area (TPSA) is 0 Å². The largest absolute Gasteiger partial charge is 1.00 e. The van der Waals surface area contributed by atoms with Crippen LogP contribution in [0.15, 0.2) is 0 Å². The summed E-state index contributed by atoms with van der Waals surface area (Å²) in [5.74, 6) is 0. The SMILES string of the molecule is CCCCCCCCCCCCC[N+](C)(CCCCCCCCCCCC)C(C)(C)C.[Br-]. The van der Waals surface area contributed by atoms with Crippen molar-refractivity contribution in [3.05, 3.63) is 0 Å². The molecule has 0 aliphatic carbocycles. The van der Waals surface area contributed by atoms with E-state index in [2.05, 4.69) is 41.7 Å². The highest BCUT2D eigenvalue weighted by molar-refractivity contribution is 4.63. The summed E-state index contributed by atoms with van der Waals surface area (Å²) < 4.78 is 1.27. The molecule has 0 aromatic heterocycles. The number of hydrogen-bond donors (Lipinski definition) is 0. The highest BCUT2D eigenvalue weighted by Crippen LogP contribution is 2.25. The fourth-order valence-corrected chi connectivity index (χ4v) is 4.86. The Bertz CT molecular complexity index is 362. The molecular weight excluding hydrogens is 454 g/mol. The van der Waals surface area contributed by atoms with E-state index in [0.717, 1.165) is 0 Å². The van der Waals surface area contributed by atoms with Crippen LogP contribution in [0.4, 0.5) is 0 Å². The molecule has 0 spiro atoms. The maximum absolute atomic E-state index is 2.53. The van der Waals surface area contributed by atoms with Crippen LogP contribution in [-0.4, -0.2) is 30.2 Å². The van der Waals surface area contributed by atoms with E-state index in [1.165, 1.54) is 152 Å². The Morgan fingerprint density at radius 2 is 0.625 bits per heavy atom. The first kappa shape index (κ1) is 34.6. The minimum absolute atomic E-state index is 0. The van der Waals surface area contributed by atoms with Gasteiger partial charge in [0.15, 0.2) is 0 Å². The summed E-state index contributed by atoms with van der Waals surface area (Å²) in [5, 5.41) is 0. The first-order valence-electron chi connectivity index (χ1n) is 14.7. The molecule has 0 amide bonds. The monoisotopic (exact) mass is 517 g/mol. The summed E-state index contributed by atoms with van der Waals surface area (Å²) >= 11 is 0. The average Bonchev–Trinajstić information content (AvgIpc) is 2.72. The van der Waals surface area contributed by atoms with Gasteiger partial charge in [0.2, 0.25) is 0 Å². The summed E-state index contributed by atoms with van der Waals surface area (Å²) in [6, 6.07) is 0. The van der Waals surface area contributed by atoms with Crippen LogP contribution in [0.25, 0.3) is 0 Å². The van der Waals surface area contributed by atoms with Gasteiger partial charge < -0.3 is 21.5 Å². The predicted octanol–water partition coefficient (Wildman–Crippen LogP) is 7.47. The van der Waals surface area contributed by atoms with Crippen molar-refractivity contribution in [2.75, 3.05) is 20.1 Å². The predicted molar refractivity (Wildman–Crippen MR) is 144 cm³/mol. The molecule has 0 rings (SSSR count). The molecule has 1 atom stereocenters. The molecule has 0 radical (unpaired) electrons. The molecule has 0 fully saturated rings. The Labute approximate surface area is 216 Å². The van der Waals surface area contributed by atoms with Crippen molar-refractivity contribution in [2.24, 2.45) is 0 Å². The number of quaternary nitrogens is 1. The number of halogens is 1. The van der Waals surface area contributed by atoms with Crippen molar-refractivity contribution in [3.8, 4) is 0 Å². The molecule has 0 bridgehead atoms. The summed E-state index contributed by atoms with van der Waals surface area (Å²) in [6.45, 7) is 14.7. The second-order valence-electron chi connectivity index (χ2n) is 11.7. The van der Waals surface area contributed by atoms with Gasteiger partial charge in [-0.1, -0.05) is 123 Å². The van der Waals surface area contributed by atoms with Crippen LogP contribution in [0, 0.1) is 0 Å². The molecule has 0 heterocycles. The molecule has 0 saturated carbocycles. The summed E-state index contributed by atoms with van der Waals surface area (Å²) in [6.07, 6.45) is 30.3. The minimum Gasteiger partial charge on any atom is -1.00 e.